The van der Waals surface area contributed by atoms with E-state index in [-0.39, 0.29) is 4.60 Å². The third-order valence-electron chi connectivity index (χ3n) is 0.978. The smallest absolute Gasteiger partial charge is 0.356 e. The summed E-state index contributed by atoms with van der Waals surface area (Å²) in [5.74, 6) is -1.34. The minimum Gasteiger partial charge on any atom is -0.867 e. The summed E-state index contributed by atoms with van der Waals surface area (Å²) in [7, 11) is 0. The van der Waals surface area contributed by atoms with Crippen LogP contribution >= 0.6 is 15.9 Å². The molecule has 0 saturated carbocycles. The molecule has 1 aromatic rings. The molecular formula is C5H2BrN2O3-. The van der Waals surface area contributed by atoms with Crippen molar-refractivity contribution in [3.05, 3.63) is 26.9 Å². The molecule has 0 spiro atoms. The molecule has 58 valence electrons. The number of hydrogen-bond acceptors (Lipinski definition) is 4. The summed E-state index contributed by atoms with van der Waals surface area (Å²) in [5.41, 5.74) is 0. The zero-order chi connectivity index (χ0) is 8.43. The Balaban J connectivity index is 3.23. The van der Waals surface area contributed by atoms with Gasteiger partial charge in [-0.05, 0) is 21.7 Å². The number of aromatic nitrogens is 1. The predicted molar refractivity (Wildman–Crippen MR) is 38.0 cm³/mol. The molecule has 6 heteroatoms. The van der Waals surface area contributed by atoms with Crippen molar-refractivity contribution in [3.8, 4) is 5.75 Å². The van der Waals surface area contributed by atoms with E-state index in [4.69, 9.17) is 0 Å². The van der Waals surface area contributed by atoms with Gasteiger partial charge in [0.25, 0.3) is 0 Å². The summed E-state index contributed by atoms with van der Waals surface area (Å²) < 4.78 is 0.281. The fourth-order valence-electron chi connectivity index (χ4n) is 0.543. The fraction of sp³-hybridized carbons (Fsp3) is 0. The standard InChI is InChI=1S/C5H3BrN2O3/c6-4-2-1-3(9)5(7-4)8(10)11/h1-2,9H/p-1. The van der Waals surface area contributed by atoms with Crippen molar-refractivity contribution in [2.75, 3.05) is 0 Å². The predicted octanol–water partition coefficient (Wildman–Crippen LogP) is 0.826. The minimum absolute atomic E-state index is 0.281. The number of nitrogens with zero attached hydrogens (tertiary/aromatic N) is 2. The van der Waals surface area contributed by atoms with Gasteiger partial charge in [-0.2, -0.15) is 0 Å². The van der Waals surface area contributed by atoms with E-state index >= 15 is 0 Å². The van der Waals surface area contributed by atoms with Crippen LogP contribution in [0, 0.1) is 10.1 Å². The third-order valence-corrected chi connectivity index (χ3v) is 1.42. The summed E-state index contributed by atoms with van der Waals surface area (Å²) in [5, 5.41) is 20.8. The van der Waals surface area contributed by atoms with Gasteiger partial charge in [0.2, 0.25) is 4.60 Å². The highest BCUT2D eigenvalue weighted by Crippen LogP contribution is 2.21. The van der Waals surface area contributed by atoms with Gasteiger partial charge in [0, 0.05) is 15.9 Å². The van der Waals surface area contributed by atoms with Crippen LogP contribution in [0.2, 0.25) is 0 Å². The normalized spacial score (nSPS) is 9.55. The molecule has 0 atom stereocenters. The summed E-state index contributed by atoms with van der Waals surface area (Å²) in [6, 6.07) is 2.45. The van der Waals surface area contributed by atoms with Gasteiger partial charge in [0.15, 0.2) is 0 Å². The number of halogens is 1. The van der Waals surface area contributed by atoms with Crippen molar-refractivity contribution in [2.45, 2.75) is 0 Å². The van der Waals surface area contributed by atoms with Gasteiger partial charge < -0.3 is 15.2 Å². The van der Waals surface area contributed by atoms with Crippen LogP contribution in [0.3, 0.4) is 0 Å². The van der Waals surface area contributed by atoms with E-state index in [1.165, 1.54) is 6.07 Å². The van der Waals surface area contributed by atoms with Crippen molar-refractivity contribution in [1.29, 1.82) is 0 Å². The van der Waals surface area contributed by atoms with E-state index in [9.17, 15) is 15.2 Å². The van der Waals surface area contributed by atoms with Gasteiger partial charge in [-0.1, -0.05) is 6.07 Å². The molecule has 0 aliphatic carbocycles. The van der Waals surface area contributed by atoms with Gasteiger partial charge in [0.05, 0.1) is 0 Å². The molecule has 1 heterocycles. The van der Waals surface area contributed by atoms with Crippen molar-refractivity contribution in [3.63, 3.8) is 0 Å². The Bertz CT molecular complexity index is 302. The second kappa shape index (κ2) is 2.83. The van der Waals surface area contributed by atoms with Gasteiger partial charge >= 0.3 is 5.82 Å². The zero-order valence-corrected chi connectivity index (χ0v) is 6.74. The van der Waals surface area contributed by atoms with Gasteiger partial charge in [0.1, 0.15) is 0 Å². The molecule has 11 heavy (non-hydrogen) atoms. The lowest BCUT2D eigenvalue weighted by atomic mass is 10.4. The van der Waals surface area contributed by atoms with E-state index in [0.717, 1.165) is 6.07 Å². The van der Waals surface area contributed by atoms with E-state index in [2.05, 4.69) is 20.9 Å². The number of hydrogen-bond donors (Lipinski definition) is 0. The Hall–Kier alpha value is -1.17. The SMILES string of the molecule is O=[N+]([O-])c1nc(Br)ccc1[O-]. The molecular weight excluding hydrogens is 216 g/mol. The highest BCUT2D eigenvalue weighted by molar-refractivity contribution is 9.10. The molecule has 0 aliphatic rings. The molecule has 0 aromatic carbocycles. The maximum Gasteiger partial charge on any atom is 0.356 e. The fourth-order valence-corrected chi connectivity index (χ4v) is 0.843. The van der Waals surface area contributed by atoms with Crippen LogP contribution in [0.15, 0.2) is 16.7 Å². The van der Waals surface area contributed by atoms with E-state index < -0.39 is 16.5 Å². The summed E-state index contributed by atoms with van der Waals surface area (Å²) in [6.07, 6.45) is 0. The van der Waals surface area contributed by atoms with Crippen LogP contribution in [0.5, 0.6) is 5.75 Å². The van der Waals surface area contributed by atoms with Crippen molar-refractivity contribution in [1.82, 2.24) is 4.98 Å². The third kappa shape index (κ3) is 1.64. The van der Waals surface area contributed by atoms with E-state index in [1.54, 1.807) is 0 Å². The van der Waals surface area contributed by atoms with Crippen molar-refractivity contribution < 1.29 is 10.0 Å². The molecule has 1 aromatic heterocycles. The van der Waals surface area contributed by atoms with Crippen LogP contribution in [0.25, 0.3) is 0 Å². The summed E-state index contributed by atoms with van der Waals surface area (Å²) >= 11 is 2.91. The number of nitro groups is 1. The number of pyridine rings is 1. The Morgan fingerprint density at radius 2 is 2.18 bits per heavy atom. The lowest BCUT2D eigenvalue weighted by Gasteiger charge is -2.03. The van der Waals surface area contributed by atoms with Gasteiger partial charge in [-0.25, -0.2) is 0 Å². The van der Waals surface area contributed by atoms with Crippen LogP contribution < -0.4 is 5.11 Å². The average Bonchev–Trinajstić information content (AvgIpc) is 1.94. The maximum atomic E-state index is 10.7. The van der Waals surface area contributed by atoms with Crippen LogP contribution in [0.4, 0.5) is 5.82 Å². The molecule has 0 bridgehead atoms. The van der Waals surface area contributed by atoms with Crippen molar-refractivity contribution in [2.24, 2.45) is 0 Å². The Morgan fingerprint density at radius 3 is 2.64 bits per heavy atom. The molecule has 0 N–H and O–H groups in total. The highest BCUT2D eigenvalue weighted by Gasteiger charge is 2.08. The van der Waals surface area contributed by atoms with Crippen LogP contribution in [-0.2, 0) is 0 Å². The largest absolute Gasteiger partial charge is 0.867 e. The molecule has 0 fully saturated rings. The summed E-state index contributed by atoms with van der Waals surface area (Å²) in [6.45, 7) is 0. The lowest BCUT2D eigenvalue weighted by Crippen LogP contribution is -1.99. The molecule has 0 unspecified atom stereocenters. The van der Waals surface area contributed by atoms with Crippen LogP contribution in [0.1, 0.15) is 0 Å². The number of rotatable bonds is 1. The molecule has 0 amide bonds. The first kappa shape index (κ1) is 7.93. The summed E-state index contributed by atoms with van der Waals surface area (Å²) in [4.78, 5) is 12.7. The van der Waals surface area contributed by atoms with E-state index in [0.29, 0.717) is 0 Å². The quantitative estimate of drug-likeness (QED) is 0.397. The second-order valence-corrected chi connectivity index (χ2v) is 2.53. The first-order valence-electron chi connectivity index (χ1n) is 2.59. The average molecular weight is 218 g/mol. The van der Waals surface area contributed by atoms with Crippen molar-refractivity contribution >= 4 is 21.7 Å². The molecule has 0 aliphatic heterocycles. The van der Waals surface area contributed by atoms with Gasteiger partial charge in [-0.3, -0.25) is 0 Å². The topological polar surface area (TPSA) is 79.1 Å². The first-order chi connectivity index (χ1) is 5.11. The monoisotopic (exact) mass is 217 g/mol. The Kier molecular flexibility index (Phi) is 2.04. The lowest BCUT2D eigenvalue weighted by molar-refractivity contribution is -0.403. The zero-order valence-electron chi connectivity index (χ0n) is 5.15. The Morgan fingerprint density at radius 1 is 1.55 bits per heavy atom. The highest BCUT2D eigenvalue weighted by atomic mass is 79.9. The molecule has 0 radical (unpaired) electrons. The molecule has 5 nitrogen and oxygen atoms in total. The van der Waals surface area contributed by atoms with Crippen LogP contribution in [-0.4, -0.2) is 9.91 Å². The van der Waals surface area contributed by atoms with E-state index in [1.807, 2.05) is 0 Å². The minimum atomic E-state index is -0.812. The Labute approximate surface area is 70.0 Å². The second-order valence-electron chi connectivity index (χ2n) is 1.71. The molecule has 0 saturated heterocycles. The maximum absolute atomic E-state index is 10.7. The molecule has 1 rings (SSSR count). The first-order valence-corrected chi connectivity index (χ1v) is 3.38. The van der Waals surface area contributed by atoms with Gasteiger partial charge in [-0.15, -0.1) is 0 Å².